The summed E-state index contributed by atoms with van der Waals surface area (Å²) < 4.78 is 0. The number of halogens is 1. The van der Waals surface area contributed by atoms with Gasteiger partial charge >= 0.3 is 0 Å². The summed E-state index contributed by atoms with van der Waals surface area (Å²) in [5.74, 6) is 9.43. The Morgan fingerprint density at radius 1 is 0.640 bits per heavy atom. The van der Waals surface area contributed by atoms with Gasteiger partial charge < -0.3 is 0 Å². The average Bonchev–Trinajstić information content (AvgIpc) is 3.10. The molecule has 2 nitrogen and oxygen atoms in total. The van der Waals surface area contributed by atoms with Gasteiger partial charge in [0.05, 0.1) is 5.33 Å². The Balaban J connectivity index is 0.000000136. The quantitative estimate of drug-likeness (QED) is 0.174. The lowest BCUT2D eigenvalue weighted by atomic mass is 9.43. The van der Waals surface area contributed by atoms with Crippen LogP contribution in [-0.2, 0) is 0 Å². The second kappa shape index (κ2) is 15.5. The van der Waals surface area contributed by atoms with Gasteiger partial charge in [0, 0.05) is 17.5 Å². The van der Waals surface area contributed by atoms with Crippen LogP contribution in [0.3, 0.4) is 0 Å². The predicted molar refractivity (Wildman–Crippen MR) is 215 cm³/mol. The van der Waals surface area contributed by atoms with Crippen LogP contribution in [0.25, 0.3) is 0 Å². The zero-order valence-electron chi connectivity index (χ0n) is 33.0. The molecule has 0 radical (unpaired) electrons. The Kier molecular flexibility index (Phi) is 12.2. The maximum absolute atomic E-state index is 12.3. The molecule has 6 bridgehead atoms. The Morgan fingerprint density at radius 2 is 1.14 bits per heavy atom. The van der Waals surface area contributed by atoms with Crippen molar-refractivity contribution in [1.29, 1.82) is 0 Å². The lowest BCUT2D eigenvalue weighted by molar-refractivity contribution is -0.127. The fourth-order valence-electron chi connectivity index (χ4n) is 11.3. The molecule has 0 amide bonds. The number of Topliss-reactive ketones (excluding diaryl/α,β-unsaturated/α-hetero) is 2. The van der Waals surface area contributed by atoms with Crippen molar-refractivity contribution >= 4 is 27.5 Å². The zero-order valence-corrected chi connectivity index (χ0v) is 34.6. The number of alkyl halides is 1. The van der Waals surface area contributed by atoms with Gasteiger partial charge in [0.2, 0.25) is 0 Å². The van der Waals surface area contributed by atoms with E-state index in [9.17, 15) is 9.59 Å². The van der Waals surface area contributed by atoms with Crippen LogP contribution >= 0.6 is 15.9 Å². The SMILES string of the molecule is CC1=CCC2CC1C2(C)C.CC1C(CC(=O)c2ccccc2)CC2CC1C2(C)C.CC1CC2CC(C1C)C2(C)C.O=C(CBr)c1ccccc1. The Bertz CT molecular complexity index is 1490. The summed E-state index contributed by atoms with van der Waals surface area (Å²) in [4.78, 5) is 23.3. The number of carbonyl (C=O) groups is 2. The van der Waals surface area contributed by atoms with E-state index in [1.54, 1.807) is 5.57 Å². The normalized spacial score (nSPS) is 35.5. The molecule has 11 rings (SSSR count). The molecular weight excluding hydrogens is 676 g/mol. The van der Waals surface area contributed by atoms with Crippen LogP contribution in [0.1, 0.15) is 135 Å². The summed E-state index contributed by atoms with van der Waals surface area (Å²) >= 11 is 3.10. The number of rotatable bonds is 5. The molecule has 0 saturated heterocycles. The summed E-state index contributed by atoms with van der Waals surface area (Å²) in [6, 6.07) is 19.0. The van der Waals surface area contributed by atoms with Crippen LogP contribution in [0.5, 0.6) is 0 Å². The summed E-state index contributed by atoms with van der Waals surface area (Å²) in [6.07, 6.45) is 11.7. The molecule has 2 aromatic rings. The number of ketones is 2. The van der Waals surface area contributed by atoms with Gasteiger partial charge in [-0.25, -0.2) is 0 Å². The first-order chi connectivity index (χ1) is 23.5. The fraction of sp³-hybridized carbons (Fsp3) is 0.660. The largest absolute Gasteiger partial charge is 0.294 e. The minimum Gasteiger partial charge on any atom is -0.294 e. The van der Waals surface area contributed by atoms with Gasteiger partial charge in [-0.05, 0) is 121 Å². The van der Waals surface area contributed by atoms with E-state index in [-0.39, 0.29) is 5.78 Å². The average molecular weight is 744 g/mol. The molecule has 10 atom stereocenters. The molecule has 2 aromatic carbocycles. The van der Waals surface area contributed by atoms with E-state index in [2.05, 4.69) is 91.2 Å². The van der Waals surface area contributed by atoms with Crippen molar-refractivity contribution in [3.8, 4) is 0 Å². The molecule has 0 heterocycles. The summed E-state index contributed by atoms with van der Waals surface area (Å²) in [7, 11) is 0. The molecule has 3 heteroatoms. The second-order valence-electron chi connectivity index (χ2n) is 19.1. The van der Waals surface area contributed by atoms with E-state index in [0.717, 1.165) is 64.9 Å². The Morgan fingerprint density at radius 3 is 1.52 bits per heavy atom. The standard InChI is InChI=1S/C18H24O.C11H20.C10H16.C8H7BrO/c1-12-14(9-15-11-16(12)18(15,2)3)10-17(19)13-7-5-4-6-8-13;1-7-5-9-6-10(8(7)2)11(9,3)4;1-7-4-5-8-6-9(7)10(8,2)3;9-6-8(10)7-4-2-1-3-5-7/h4-8,12,14-16H,9-11H2,1-3H3;7-10H,5-6H2,1-4H3;4,8-9H,5-6H2,1-3H3;1-5H,6H2. The van der Waals surface area contributed by atoms with Crippen molar-refractivity contribution in [1.82, 2.24) is 0 Å². The van der Waals surface area contributed by atoms with E-state index >= 15 is 0 Å². The highest BCUT2D eigenvalue weighted by atomic mass is 79.9. The first kappa shape index (κ1) is 39.2. The van der Waals surface area contributed by atoms with Gasteiger partial charge in [-0.15, -0.1) is 0 Å². The maximum atomic E-state index is 12.3. The van der Waals surface area contributed by atoms with Gasteiger partial charge in [-0.1, -0.05) is 151 Å². The molecule has 50 heavy (non-hydrogen) atoms. The molecule has 0 aromatic heterocycles. The minimum atomic E-state index is 0.126. The molecule has 7 fully saturated rings. The molecule has 9 aliphatic rings. The van der Waals surface area contributed by atoms with Crippen molar-refractivity contribution in [3.63, 3.8) is 0 Å². The summed E-state index contributed by atoms with van der Waals surface area (Å²) in [5, 5.41) is 0.400. The Labute approximate surface area is 314 Å². The van der Waals surface area contributed by atoms with Crippen LogP contribution in [0, 0.1) is 75.4 Å². The fourth-order valence-corrected chi connectivity index (χ4v) is 11.6. The van der Waals surface area contributed by atoms with Gasteiger partial charge in [0.15, 0.2) is 11.6 Å². The predicted octanol–water partition coefficient (Wildman–Crippen LogP) is 13.2. The topological polar surface area (TPSA) is 34.1 Å². The van der Waals surface area contributed by atoms with Gasteiger partial charge in [0.25, 0.3) is 0 Å². The maximum Gasteiger partial charge on any atom is 0.173 e. The van der Waals surface area contributed by atoms with Gasteiger partial charge in [-0.3, -0.25) is 9.59 Å². The van der Waals surface area contributed by atoms with Crippen LogP contribution in [0.4, 0.5) is 0 Å². The van der Waals surface area contributed by atoms with Crippen molar-refractivity contribution in [2.45, 2.75) is 114 Å². The van der Waals surface area contributed by atoms with Crippen LogP contribution in [0.2, 0.25) is 0 Å². The summed E-state index contributed by atoms with van der Waals surface area (Å²) in [5.41, 5.74) is 5.14. The number of carbonyl (C=O) groups excluding carboxylic acids is 2. The molecule has 274 valence electrons. The van der Waals surface area contributed by atoms with Gasteiger partial charge in [-0.2, -0.15) is 0 Å². The highest BCUT2D eigenvalue weighted by Gasteiger charge is 2.56. The molecule has 0 spiro atoms. The third-order valence-corrected chi connectivity index (χ3v) is 16.3. The van der Waals surface area contributed by atoms with Crippen LogP contribution < -0.4 is 0 Å². The highest BCUT2D eigenvalue weighted by molar-refractivity contribution is 9.09. The first-order valence-electron chi connectivity index (χ1n) is 19.9. The molecule has 0 N–H and O–H groups in total. The summed E-state index contributed by atoms with van der Waals surface area (Å²) in [6.45, 7) is 24.1. The zero-order chi connectivity index (χ0) is 36.6. The number of allylic oxidation sites excluding steroid dienone is 2. The smallest absolute Gasteiger partial charge is 0.173 e. The number of hydrogen-bond acceptors (Lipinski definition) is 2. The second-order valence-corrected chi connectivity index (χ2v) is 19.6. The van der Waals surface area contributed by atoms with Crippen LogP contribution in [-0.4, -0.2) is 16.9 Å². The van der Waals surface area contributed by atoms with E-state index < -0.39 is 0 Å². The van der Waals surface area contributed by atoms with Crippen molar-refractivity contribution in [3.05, 3.63) is 83.4 Å². The van der Waals surface area contributed by atoms with Crippen molar-refractivity contribution in [2.75, 3.05) is 5.33 Å². The van der Waals surface area contributed by atoms with Crippen molar-refractivity contribution in [2.24, 2.45) is 75.4 Å². The van der Waals surface area contributed by atoms with Gasteiger partial charge in [0.1, 0.15) is 0 Å². The third-order valence-electron chi connectivity index (χ3n) is 15.8. The number of hydrogen-bond donors (Lipinski definition) is 0. The van der Waals surface area contributed by atoms with E-state index in [0.29, 0.717) is 39.2 Å². The Hall–Kier alpha value is -2.00. The van der Waals surface area contributed by atoms with E-state index in [1.807, 2.05) is 60.7 Å². The molecular formula is C47H67BrO2. The van der Waals surface area contributed by atoms with Crippen molar-refractivity contribution < 1.29 is 9.59 Å². The third kappa shape index (κ3) is 7.84. The minimum absolute atomic E-state index is 0.126. The van der Waals surface area contributed by atoms with Crippen LogP contribution in [0.15, 0.2) is 72.3 Å². The van der Waals surface area contributed by atoms with E-state index in [4.69, 9.17) is 0 Å². The number of fused-ring (bicyclic) bond motifs is 5. The molecule has 9 aliphatic carbocycles. The highest BCUT2D eigenvalue weighted by Crippen LogP contribution is 2.64. The first-order valence-corrected chi connectivity index (χ1v) is 21.0. The van der Waals surface area contributed by atoms with E-state index in [1.165, 1.54) is 38.5 Å². The lowest BCUT2D eigenvalue weighted by Gasteiger charge is -2.62. The number of benzene rings is 2. The molecule has 7 saturated carbocycles. The molecule has 10 unspecified atom stereocenters. The lowest BCUT2D eigenvalue weighted by Crippen LogP contribution is -2.55. The monoisotopic (exact) mass is 742 g/mol. The molecule has 0 aliphatic heterocycles.